The van der Waals surface area contributed by atoms with Gasteiger partial charge in [-0.3, -0.25) is 0 Å². The normalized spacial score (nSPS) is 7.64. The van der Waals surface area contributed by atoms with E-state index in [0.29, 0.717) is 0 Å². The summed E-state index contributed by atoms with van der Waals surface area (Å²) in [6.45, 7) is 3.70. The van der Waals surface area contributed by atoms with Gasteiger partial charge in [0.2, 0.25) is 0 Å². The summed E-state index contributed by atoms with van der Waals surface area (Å²) >= 11 is 4.67. The van der Waals surface area contributed by atoms with Gasteiger partial charge in [0.1, 0.15) is 0 Å². The molecule has 1 rings (SSSR count). The molecule has 0 amide bonds. The Labute approximate surface area is 87.5 Å². The van der Waals surface area contributed by atoms with Crippen molar-refractivity contribution < 1.29 is 15.1 Å². The van der Waals surface area contributed by atoms with Crippen LogP contribution < -0.4 is 0 Å². The van der Waals surface area contributed by atoms with E-state index in [4.69, 9.17) is 31.0 Å². The first-order valence-corrected chi connectivity index (χ1v) is 11.1. The van der Waals surface area contributed by atoms with Crippen molar-refractivity contribution in [1.82, 2.24) is 0 Å². The van der Waals surface area contributed by atoms with Crippen LogP contribution >= 0.6 is 31.0 Å². The summed E-state index contributed by atoms with van der Waals surface area (Å²) in [5, 5.41) is 0.748. The Hall–Kier alpha value is 0.713. The van der Waals surface area contributed by atoms with Gasteiger partial charge in [0.05, 0.1) is 0 Å². The molecule has 11 heavy (non-hydrogen) atoms. The van der Waals surface area contributed by atoms with Gasteiger partial charge in [-0.1, -0.05) is 23.7 Å². The maximum atomic E-state index is 5.60. The van der Waals surface area contributed by atoms with Gasteiger partial charge in [0, 0.05) is 5.02 Å². The van der Waals surface area contributed by atoms with Crippen LogP contribution in [0.4, 0.5) is 0 Å². The third-order valence-electron chi connectivity index (χ3n) is 0.889. The molecule has 0 N–H and O–H groups in total. The molecule has 0 spiro atoms. The molecule has 0 aliphatic carbocycles. The zero-order chi connectivity index (χ0) is 8.69. The molecule has 1 aromatic rings. The summed E-state index contributed by atoms with van der Waals surface area (Å²) in [6.07, 6.45) is 0. The second-order valence-corrected chi connectivity index (χ2v) is 6.79. The summed E-state index contributed by atoms with van der Waals surface area (Å²) in [7, 11) is 9.90. The molecule has 0 bridgehead atoms. The number of hydrogen-bond donors (Lipinski definition) is 0. The summed E-state index contributed by atoms with van der Waals surface area (Å²) in [6, 6.07) is 7.44. The molecule has 0 fully saturated rings. The molecule has 0 aliphatic rings. The molecule has 4 heteroatoms. The van der Waals surface area contributed by atoms with Gasteiger partial charge in [-0.15, -0.1) is 0 Å². The Morgan fingerprint density at radius 3 is 2.09 bits per heavy atom. The van der Waals surface area contributed by atoms with E-state index in [2.05, 4.69) is 6.92 Å². The number of rotatable bonds is 0. The Bertz CT molecular complexity index is 185. The van der Waals surface area contributed by atoms with Crippen LogP contribution in [0.2, 0.25) is 5.02 Å². The third kappa shape index (κ3) is 7.09. The molecule has 57 valence electrons. The summed E-state index contributed by atoms with van der Waals surface area (Å²) in [4.78, 5) is 0. The van der Waals surface area contributed by atoms with Crippen LogP contribution in [0.3, 0.4) is 0 Å². The van der Waals surface area contributed by atoms with Gasteiger partial charge in [0.15, 0.2) is 0 Å². The van der Waals surface area contributed by atoms with E-state index in [1.807, 2.05) is 24.3 Å². The maximum absolute atomic E-state index is 5.60. The number of benzene rings is 1. The van der Waals surface area contributed by atoms with E-state index >= 15 is 0 Å². The van der Waals surface area contributed by atoms with Gasteiger partial charge < -0.3 is 0 Å². The fourth-order valence-electron chi connectivity index (χ4n) is 0.537. The van der Waals surface area contributed by atoms with Gasteiger partial charge in [-0.2, -0.15) is 0 Å². The van der Waals surface area contributed by atoms with Gasteiger partial charge in [-0.25, -0.2) is 0 Å². The van der Waals surface area contributed by atoms with Crippen molar-refractivity contribution in [2.75, 3.05) is 0 Å². The van der Waals surface area contributed by atoms with E-state index in [9.17, 15) is 0 Å². The molecule has 0 aliphatic heterocycles. The SMILES string of the molecule is [CH2]c1cccc(Cl)c1.[Cl][Zn][Cl]. The third-order valence-corrected chi connectivity index (χ3v) is 1.12. The fourth-order valence-corrected chi connectivity index (χ4v) is 0.750. The predicted octanol–water partition coefficient (Wildman–Crippen LogP) is 3.90. The molecule has 0 saturated carbocycles. The van der Waals surface area contributed by atoms with Gasteiger partial charge >= 0.3 is 34.5 Å². The molecule has 1 radical (unpaired) electrons. The molecule has 1 aromatic carbocycles. The first kappa shape index (κ1) is 11.7. The van der Waals surface area contributed by atoms with Crippen LogP contribution in [0.15, 0.2) is 24.3 Å². The molecule has 0 nitrogen and oxygen atoms in total. The van der Waals surface area contributed by atoms with Crippen molar-refractivity contribution in [3.05, 3.63) is 41.8 Å². The van der Waals surface area contributed by atoms with E-state index in [0.717, 1.165) is 10.6 Å². The Morgan fingerprint density at radius 1 is 1.27 bits per heavy atom. The molecule has 0 atom stereocenters. The monoisotopic (exact) mass is 259 g/mol. The summed E-state index contributed by atoms with van der Waals surface area (Å²) in [5.74, 6) is 0. The predicted molar refractivity (Wildman–Crippen MR) is 47.6 cm³/mol. The Kier molecular flexibility index (Phi) is 7.84. The number of halogens is 3. The average molecular weight is 262 g/mol. The molecule has 0 unspecified atom stereocenters. The molecular formula is C7H6Cl3Zn. The zero-order valence-corrected chi connectivity index (χ0v) is 11.1. The van der Waals surface area contributed by atoms with E-state index in [1.165, 1.54) is 0 Å². The first-order chi connectivity index (χ1) is 5.20. The number of hydrogen-bond acceptors (Lipinski definition) is 0. The molecule has 0 saturated heterocycles. The van der Waals surface area contributed by atoms with Crippen molar-refractivity contribution >= 4 is 31.0 Å². The fraction of sp³-hybridized carbons (Fsp3) is 0. The van der Waals surface area contributed by atoms with Crippen molar-refractivity contribution in [3.63, 3.8) is 0 Å². The second kappa shape index (κ2) is 7.37. The van der Waals surface area contributed by atoms with E-state index in [-0.39, 0.29) is 0 Å². The minimum absolute atomic E-state index is 0.748. The van der Waals surface area contributed by atoms with Crippen molar-refractivity contribution in [2.24, 2.45) is 0 Å². The van der Waals surface area contributed by atoms with Crippen LogP contribution in [0.25, 0.3) is 0 Å². The van der Waals surface area contributed by atoms with Crippen LogP contribution in [0, 0.1) is 6.92 Å². The van der Waals surface area contributed by atoms with E-state index < -0.39 is 15.1 Å². The first-order valence-electron chi connectivity index (χ1n) is 2.90. The van der Waals surface area contributed by atoms with E-state index in [1.54, 1.807) is 0 Å². The molecule has 0 heterocycles. The van der Waals surface area contributed by atoms with Crippen molar-refractivity contribution in [1.29, 1.82) is 0 Å². The average Bonchev–Trinajstić information content (AvgIpc) is 1.88. The molecular weight excluding hydrogens is 256 g/mol. The Morgan fingerprint density at radius 2 is 1.82 bits per heavy atom. The van der Waals surface area contributed by atoms with Crippen molar-refractivity contribution in [3.8, 4) is 0 Å². The Balaban J connectivity index is 0.000000292. The summed E-state index contributed by atoms with van der Waals surface area (Å²) in [5.41, 5.74) is 0.956. The van der Waals surface area contributed by atoms with Crippen LogP contribution in [0.1, 0.15) is 5.56 Å². The van der Waals surface area contributed by atoms with Gasteiger partial charge in [0.25, 0.3) is 0 Å². The second-order valence-electron chi connectivity index (χ2n) is 1.73. The van der Waals surface area contributed by atoms with Crippen LogP contribution in [0.5, 0.6) is 0 Å². The quantitative estimate of drug-likeness (QED) is 0.622. The zero-order valence-electron chi connectivity index (χ0n) is 5.86. The van der Waals surface area contributed by atoms with Crippen LogP contribution in [-0.4, -0.2) is 0 Å². The van der Waals surface area contributed by atoms with Crippen molar-refractivity contribution in [2.45, 2.75) is 0 Å². The van der Waals surface area contributed by atoms with Gasteiger partial charge in [-0.05, 0) is 24.6 Å². The van der Waals surface area contributed by atoms with Crippen LogP contribution in [-0.2, 0) is 15.1 Å². The standard InChI is InChI=1S/C7H6Cl.2ClH.Zn/c1-6-3-2-4-7(8)5-6;;;/h2-5H,1H2;2*1H;/q;;;+2/p-2. The minimum atomic E-state index is -0.931. The topological polar surface area (TPSA) is 0 Å². The summed E-state index contributed by atoms with van der Waals surface area (Å²) < 4.78 is 0. The molecule has 0 aromatic heterocycles.